The van der Waals surface area contributed by atoms with E-state index < -0.39 is 5.76 Å². The minimum absolute atomic E-state index is 0.429. The monoisotopic (exact) mass is 182 g/mol. The van der Waals surface area contributed by atoms with Crippen LogP contribution in [0.3, 0.4) is 0 Å². The summed E-state index contributed by atoms with van der Waals surface area (Å²) in [5.41, 5.74) is 1.11. The SMILES string of the molecule is O=c1[nH]nc(Cc2ccsc2)o1. The number of nitrogens with one attached hydrogen (secondary N) is 1. The number of hydrogen-bond acceptors (Lipinski definition) is 4. The maximum Gasteiger partial charge on any atom is 0.434 e. The van der Waals surface area contributed by atoms with Gasteiger partial charge in [0.1, 0.15) is 0 Å². The summed E-state index contributed by atoms with van der Waals surface area (Å²) in [5.74, 6) is -0.0707. The van der Waals surface area contributed by atoms with Gasteiger partial charge in [-0.2, -0.15) is 11.3 Å². The van der Waals surface area contributed by atoms with Gasteiger partial charge in [-0.3, -0.25) is 0 Å². The van der Waals surface area contributed by atoms with Crippen LogP contribution in [0.25, 0.3) is 0 Å². The second-order valence-corrected chi connectivity index (χ2v) is 3.10. The van der Waals surface area contributed by atoms with Crippen molar-refractivity contribution in [1.29, 1.82) is 0 Å². The fourth-order valence-corrected chi connectivity index (χ4v) is 1.57. The van der Waals surface area contributed by atoms with Gasteiger partial charge < -0.3 is 4.42 Å². The average Bonchev–Trinajstić information content (AvgIpc) is 2.63. The van der Waals surface area contributed by atoms with Gasteiger partial charge in [-0.05, 0) is 22.4 Å². The highest BCUT2D eigenvalue weighted by Crippen LogP contribution is 2.09. The third-order valence-electron chi connectivity index (χ3n) is 1.42. The molecule has 0 amide bonds. The van der Waals surface area contributed by atoms with Crippen molar-refractivity contribution in [3.8, 4) is 0 Å². The second kappa shape index (κ2) is 2.94. The first kappa shape index (κ1) is 7.30. The Labute approximate surface area is 71.9 Å². The van der Waals surface area contributed by atoms with Crippen LogP contribution in [-0.2, 0) is 6.42 Å². The van der Waals surface area contributed by atoms with Gasteiger partial charge in [-0.25, -0.2) is 9.89 Å². The molecule has 0 aliphatic carbocycles. The molecule has 0 unspecified atom stereocenters. The molecule has 0 spiro atoms. The van der Waals surface area contributed by atoms with Crippen LogP contribution in [0.15, 0.2) is 26.0 Å². The molecule has 2 rings (SSSR count). The highest BCUT2D eigenvalue weighted by Gasteiger charge is 2.02. The van der Waals surface area contributed by atoms with Crippen LogP contribution in [0.4, 0.5) is 0 Å². The van der Waals surface area contributed by atoms with Gasteiger partial charge in [0.05, 0.1) is 6.42 Å². The first-order valence-electron chi connectivity index (χ1n) is 3.40. The van der Waals surface area contributed by atoms with Gasteiger partial charge in [0.25, 0.3) is 0 Å². The van der Waals surface area contributed by atoms with Crippen LogP contribution in [0.2, 0.25) is 0 Å². The van der Waals surface area contributed by atoms with E-state index >= 15 is 0 Å². The Balaban J connectivity index is 2.19. The first-order chi connectivity index (χ1) is 5.84. The van der Waals surface area contributed by atoms with E-state index in [1.54, 1.807) is 11.3 Å². The predicted octanol–water partition coefficient (Wildman–Crippen LogP) is 1.02. The van der Waals surface area contributed by atoms with Crippen LogP contribution in [0, 0.1) is 0 Å². The Morgan fingerprint density at radius 1 is 1.67 bits per heavy atom. The number of thiophene rings is 1. The highest BCUT2D eigenvalue weighted by atomic mass is 32.1. The Kier molecular flexibility index (Phi) is 1.79. The molecule has 0 aromatic carbocycles. The van der Waals surface area contributed by atoms with Gasteiger partial charge in [-0.15, -0.1) is 5.10 Å². The van der Waals surface area contributed by atoms with E-state index in [1.807, 2.05) is 16.8 Å². The van der Waals surface area contributed by atoms with Crippen molar-refractivity contribution in [2.24, 2.45) is 0 Å². The second-order valence-electron chi connectivity index (χ2n) is 2.32. The number of hydrogen-bond donors (Lipinski definition) is 1. The summed E-state index contributed by atoms with van der Waals surface area (Å²) < 4.78 is 4.74. The van der Waals surface area contributed by atoms with Gasteiger partial charge in [0.15, 0.2) is 0 Å². The van der Waals surface area contributed by atoms with Crippen molar-refractivity contribution in [2.45, 2.75) is 6.42 Å². The molecule has 1 N–H and O–H groups in total. The molecule has 12 heavy (non-hydrogen) atoms. The van der Waals surface area contributed by atoms with Crippen molar-refractivity contribution < 1.29 is 4.42 Å². The zero-order valence-corrected chi connectivity index (χ0v) is 6.93. The summed E-state index contributed by atoms with van der Waals surface area (Å²) in [7, 11) is 0. The van der Waals surface area contributed by atoms with Crippen molar-refractivity contribution in [2.75, 3.05) is 0 Å². The lowest BCUT2D eigenvalue weighted by Crippen LogP contribution is -1.93. The minimum Gasteiger partial charge on any atom is -0.392 e. The minimum atomic E-state index is -0.500. The third kappa shape index (κ3) is 1.45. The Morgan fingerprint density at radius 3 is 3.17 bits per heavy atom. The number of rotatable bonds is 2. The molecule has 5 heteroatoms. The predicted molar refractivity (Wildman–Crippen MR) is 44.2 cm³/mol. The summed E-state index contributed by atoms with van der Waals surface area (Å²) >= 11 is 1.61. The highest BCUT2D eigenvalue weighted by molar-refractivity contribution is 7.07. The average molecular weight is 182 g/mol. The lowest BCUT2D eigenvalue weighted by Gasteiger charge is -1.87. The van der Waals surface area contributed by atoms with E-state index in [1.165, 1.54) is 0 Å². The molecule has 2 heterocycles. The van der Waals surface area contributed by atoms with Crippen LogP contribution < -0.4 is 5.76 Å². The van der Waals surface area contributed by atoms with E-state index in [4.69, 9.17) is 4.42 Å². The van der Waals surface area contributed by atoms with Crippen LogP contribution in [-0.4, -0.2) is 10.2 Å². The fraction of sp³-hybridized carbons (Fsp3) is 0.143. The van der Waals surface area contributed by atoms with Crippen molar-refractivity contribution >= 4 is 11.3 Å². The summed E-state index contributed by atoms with van der Waals surface area (Å²) in [6.07, 6.45) is 0.572. The fourth-order valence-electron chi connectivity index (χ4n) is 0.904. The van der Waals surface area contributed by atoms with Crippen LogP contribution in [0.5, 0.6) is 0 Å². The summed E-state index contributed by atoms with van der Waals surface area (Å²) in [4.78, 5) is 10.5. The number of aromatic nitrogens is 2. The molecule has 0 fully saturated rings. The molecular weight excluding hydrogens is 176 g/mol. The van der Waals surface area contributed by atoms with Gasteiger partial charge in [-0.1, -0.05) is 0 Å². The largest absolute Gasteiger partial charge is 0.434 e. The molecule has 0 aliphatic rings. The molecular formula is C7H6N2O2S. The first-order valence-corrected chi connectivity index (χ1v) is 4.34. The molecule has 0 atom stereocenters. The molecule has 0 bridgehead atoms. The van der Waals surface area contributed by atoms with Crippen molar-refractivity contribution in [3.05, 3.63) is 38.8 Å². The Bertz CT molecular complexity index is 401. The van der Waals surface area contributed by atoms with E-state index in [0.29, 0.717) is 12.3 Å². The number of nitrogens with zero attached hydrogens (tertiary/aromatic N) is 1. The zero-order valence-electron chi connectivity index (χ0n) is 6.11. The standard InChI is InChI=1S/C7H6N2O2S/c10-7-9-8-6(11-7)3-5-1-2-12-4-5/h1-2,4H,3H2,(H,9,10). The molecule has 0 saturated carbocycles. The summed E-state index contributed by atoms with van der Waals surface area (Å²) in [5, 5.41) is 9.87. The lowest BCUT2D eigenvalue weighted by atomic mass is 10.2. The van der Waals surface area contributed by atoms with E-state index in [2.05, 4.69) is 10.2 Å². The summed E-state index contributed by atoms with van der Waals surface area (Å²) in [6, 6.07) is 1.97. The van der Waals surface area contributed by atoms with Crippen LogP contribution in [0.1, 0.15) is 11.5 Å². The smallest absolute Gasteiger partial charge is 0.392 e. The van der Waals surface area contributed by atoms with E-state index in [-0.39, 0.29) is 0 Å². The maximum absolute atomic E-state index is 10.5. The molecule has 2 aromatic heterocycles. The molecule has 0 radical (unpaired) electrons. The lowest BCUT2D eigenvalue weighted by molar-refractivity contribution is 0.471. The molecule has 4 nitrogen and oxygen atoms in total. The quantitative estimate of drug-likeness (QED) is 0.754. The van der Waals surface area contributed by atoms with Gasteiger partial charge in [0.2, 0.25) is 5.89 Å². The Morgan fingerprint density at radius 2 is 2.58 bits per heavy atom. The normalized spacial score (nSPS) is 10.3. The molecule has 62 valence electrons. The van der Waals surface area contributed by atoms with Gasteiger partial charge in [0, 0.05) is 0 Å². The number of H-pyrrole nitrogens is 1. The topological polar surface area (TPSA) is 58.9 Å². The van der Waals surface area contributed by atoms with Crippen LogP contribution >= 0.6 is 11.3 Å². The van der Waals surface area contributed by atoms with Gasteiger partial charge >= 0.3 is 5.76 Å². The maximum atomic E-state index is 10.5. The van der Waals surface area contributed by atoms with E-state index in [9.17, 15) is 4.79 Å². The molecule has 0 saturated heterocycles. The van der Waals surface area contributed by atoms with Crippen molar-refractivity contribution in [1.82, 2.24) is 10.2 Å². The summed E-state index contributed by atoms with van der Waals surface area (Å²) in [6.45, 7) is 0. The van der Waals surface area contributed by atoms with Crippen molar-refractivity contribution in [3.63, 3.8) is 0 Å². The zero-order chi connectivity index (χ0) is 8.39. The third-order valence-corrected chi connectivity index (χ3v) is 2.15. The Hall–Kier alpha value is -1.36. The van der Waals surface area contributed by atoms with E-state index in [0.717, 1.165) is 5.56 Å². The molecule has 0 aliphatic heterocycles. The molecule has 2 aromatic rings. The number of aromatic amines is 1.